The average molecular weight is 419 g/mol. The number of hydrogen-bond donors (Lipinski definition) is 1. The Hall–Kier alpha value is -3.63. The molecule has 1 atom stereocenters. The second-order valence-electron chi connectivity index (χ2n) is 6.52. The monoisotopic (exact) mass is 419 g/mol. The molecule has 2 aromatic carbocycles. The fourth-order valence-corrected chi connectivity index (χ4v) is 2.84. The van der Waals surface area contributed by atoms with Gasteiger partial charge in [0, 0.05) is 5.56 Å². The van der Waals surface area contributed by atoms with Gasteiger partial charge in [0.15, 0.2) is 11.5 Å². The van der Waals surface area contributed by atoms with Gasteiger partial charge in [-0.1, -0.05) is 24.3 Å². The third-order valence-corrected chi connectivity index (χ3v) is 4.28. The van der Waals surface area contributed by atoms with E-state index in [-0.39, 0.29) is 30.6 Å². The zero-order chi connectivity index (χ0) is 21.1. The van der Waals surface area contributed by atoms with Gasteiger partial charge in [0.25, 0.3) is 0 Å². The summed E-state index contributed by atoms with van der Waals surface area (Å²) in [6.45, 7) is 0.261. The Balaban J connectivity index is 1.33. The van der Waals surface area contributed by atoms with Crippen molar-refractivity contribution in [1.82, 2.24) is 25.5 Å². The Morgan fingerprint density at radius 2 is 1.97 bits per heavy atom. The Kier molecular flexibility index (Phi) is 5.25. The molecule has 1 aliphatic rings. The van der Waals surface area contributed by atoms with Crippen molar-refractivity contribution in [3.05, 3.63) is 54.1 Å². The second kappa shape index (κ2) is 8.01. The molecule has 0 radical (unpaired) electrons. The lowest BCUT2D eigenvalue weighted by Crippen LogP contribution is -2.41. The molecule has 30 heavy (non-hydrogen) atoms. The van der Waals surface area contributed by atoms with Crippen molar-refractivity contribution in [1.29, 1.82) is 0 Å². The quantitative estimate of drug-likeness (QED) is 0.683. The number of halogens is 3. The van der Waals surface area contributed by atoms with Crippen LogP contribution in [-0.2, 0) is 17.5 Å². The van der Waals surface area contributed by atoms with E-state index < -0.39 is 17.6 Å². The number of rotatable bonds is 5. The van der Waals surface area contributed by atoms with Gasteiger partial charge in [-0.25, -0.2) is 0 Å². The van der Waals surface area contributed by atoms with Crippen molar-refractivity contribution >= 4 is 5.91 Å². The molecule has 4 rings (SSSR count). The highest BCUT2D eigenvalue weighted by Crippen LogP contribution is 2.31. The summed E-state index contributed by atoms with van der Waals surface area (Å²) in [6.07, 6.45) is -4.83. The van der Waals surface area contributed by atoms with Crippen molar-refractivity contribution < 1.29 is 27.4 Å². The number of nitrogens with zero attached hydrogens (tertiary/aromatic N) is 4. The van der Waals surface area contributed by atoms with E-state index >= 15 is 0 Å². The fraction of sp³-hybridized carbons (Fsp3) is 0.263. The molecular weight excluding hydrogens is 403 g/mol. The minimum atomic E-state index is -4.47. The van der Waals surface area contributed by atoms with Crippen molar-refractivity contribution in [2.24, 2.45) is 0 Å². The number of para-hydroxylation sites is 2. The number of carbonyl (C=O) groups excluding carboxylic acids is 1. The normalized spacial score (nSPS) is 15.6. The smallest absolute Gasteiger partial charge is 0.416 e. The SMILES string of the molecule is O=C(Cn1nnc(-c2cccc(C(F)(F)F)c2)n1)NC[C@@H]1COc2ccccc2O1. The molecule has 156 valence electrons. The van der Waals surface area contributed by atoms with E-state index in [1.165, 1.54) is 12.1 Å². The van der Waals surface area contributed by atoms with Crippen LogP contribution >= 0.6 is 0 Å². The van der Waals surface area contributed by atoms with Crippen LogP contribution in [0.25, 0.3) is 11.4 Å². The summed E-state index contributed by atoms with van der Waals surface area (Å²) in [7, 11) is 0. The number of hydrogen-bond acceptors (Lipinski definition) is 6. The first-order chi connectivity index (χ1) is 14.4. The maximum Gasteiger partial charge on any atom is 0.416 e. The zero-order valence-corrected chi connectivity index (χ0v) is 15.5. The van der Waals surface area contributed by atoms with Crippen LogP contribution in [0.15, 0.2) is 48.5 Å². The van der Waals surface area contributed by atoms with Gasteiger partial charge in [-0.2, -0.15) is 18.0 Å². The number of alkyl halides is 3. The highest BCUT2D eigenvalue weighted by Gasteiger charge is 2.30. The Bertz CT molecular complexity index is 1050. The Labute approximate surface area is 168 Å². The number of ether oxygens (including phenoxy) is 2. The maximum absolute atomic E-state index is 12.8. The number of benzene rings is 2. The minimum absolute atomic E-state index is 0.00507. The lowest BCUT2D eigenvalue weighted by Gasteiger charge is -2.26. The summed E-state index contributed by atoms with van der Waals surface area (Å²) in [4.78, 5) is 13.2. The fourth-order valence-electron chi connectivity index (χ4n) is 2.84. The zero-order valence-electron chi connectivity index (χ0n) is 15.5. The second-order valence-corrected chi connectivity index (χ2v) is 6.52. The number of carbonyl (C=O) groups is 1. The Morgan fingerprint density at radius 1 is 1.17 bits per heavy atom. The van der Waals surface area contributed by atoms with E-state index in [0.29, 0.717) is 18.1 Å². The maximum atomic E-state index is 12.8. The Morgan fingerprint density at radius 3 is 2.77 bits per heavy atom. The van der Waals surface area contributed by atoms with Gasteiger partial charge in [-0.3, -0.25) is 4.79 Å². The molecule has 0 unspecified atom stereocenters. The predicted molar refractivity (Wildman–Crippen MR) is 97.6 cm³/mol. The number of tetrazole rings is 1. The molecule has 1 aromatic heterocycles. The van der Waals surface area contributed by atoms with Gasteiger partial charge in [-0.15, -0.1) is 10.2 Å². The number of fused-ring (bicyclic) bond motifs is 1. The van der Waals surface area contributed by atoms with Crippen LogP contribution in [-0.4, -0.2) is 45.4 Å². The third-order valence-electron chi connectivity index (χ3n) is 4.28. The summed E-state index contributed by atoms with van der Waals surface area (Å²) in [5, 5.41) is 14.1. The van der Waals surface area contributed by atoms with Gasteiger partial charge < -0.3 is 14.8 Å². The third kappa shape index (κ3) is 4.50. The van der Waals surface area contributed by atoms with Crippen LogP contribution in [0.5, 0.6) is 11.5 Å². The van der Waals surface area contributed by atoms with E-state index in [4.69, 9.17) is 9.47 Å². The molecule has 0 spiro atoms. The number of nitrogens with one attached hydrogen (secondary N) is 1. The van der Waals surface area contributed by atoms with E-state index in [1.807, 2.05) is 12.1 Å². The molecule has 1 aliphatic heterocycles. The molecule has 8 nitrogen and oxygen atoms in total. The summed E-state index contributed by atoms with van der Waals surface area (Å²) >= 11 is 0. The van der Waals surface area contributed by atoms with E-state index in [9.17, 15) is 18.0 Å². The largest absolute Gasteiger partial charge is 0.486 e. The molecule has 0 fully saturated rings. The summed E-state index contributed by atoms with van der Waals surface area (Å²) < 4.78 is 49.9. The molecule has 0 saturated heterocycles. The van der Waals surface area contributed by atoms with Crippen LogP contribution in [0.2, 0.25) is 0 Å². The average Bonchev–Trinajstić information content (AvgIpc) is 3.20. The number of aromatic nitrogens is 4. The summed E-state index contributed by atoms with van der Waals surface area (Å²) in [6, 6.07) is 11.8. The molecule has 2 heterocycles. The van der Waals surface area contributed by atoms with Gasteiger partial charge >= 0.3 is 6.18 Å². The highest BCUT2D eigenvalue weighted by molar-refractivity contribution is 5.75. The van der Waals surface area contributed by atoms with Crippen LogP contribution in [0.4, 0.5) is 13.2 Å². The predicted octanol–water partition coefficient (Wildman–Crippen LogP) is 2.32. The molecule has 0 bridgehead atoms. The van der Waals surface area contributed by atoms with E-state index in [1.54, 1.807) is 12.1 Å². The van der Waals surface area contributed by atoms with Gasteiger partial charge in [0.05, 0.1) is 12.1 Å². The summed E-state index contributed by atoms with van der Waals surface area (Å²) in [5.74, 6) is 0.848. The molecule has 1 amide bonds. The van der Waals surface area contributed by atoms with Crippen molar-refractivity contribution in [3.63, 3.8) is 0 Å². The number of amides is 1. The van der Waals surface area contributed by atoms with Gasteiger partial charge in [0.1, 0.15) is 19.3 Å². The molecular formula is C19H16F3N5O3. The molecule has 0 aliphatic carbocycles. The lowest BCUT2D eigenvalue weighted by molar-refractivity contribution is -0.137. The van der Waals surface area contributed by atoms with E-state index in [2.05, 4.69) is 20.7 Å². The first kappa shape index (κ1) is 19.7. The van der Waals surface area contributed by atoms with Crippen LogP contribution in [0.1, 0.15) is 5.56 Å². The summed E-state index contributed by atoms with van der Waals surface area (Å²) in [5.41, 5.74) is -0.659. The van der Waals surface area contributed by atoms with Crippen molar-refractivity contribution in [2.45, 2.75) is 18.8 Å². The first-order valence-corrected chi connectivity index (χ1v) is 8.99. The van der Waals surface area contributed by atoms with Crippen LogP contribution in [0.3, 0.4) is 0 Å². The molecule has 0 saturated carbocycles. The van der Waals surface area contributed by atoms with Crippen LogP contribution in [0, 0.1) is 0 Å². The molecule has 3 aromatic rings. The van der Waals surface area contributed by atoms with Crippen molar-refractivity contribution in [3.8, 4) is 22.9 Å². The van der Waals surface area contributed by atoms with Crippen molar-refractivity contribution in [2.75, 3.05) is 13.2 Å². The van der Waals surface area contributed by atoms with Gasteiger partial charge in [0.2, 0.25) is 11.7 Å². The topological polar surface area (TPSA) is 91.2 Å². The molecule has 11 heteroatoms. The molecule has 1 N–H and O–H groups in total. The minimum Gasteiger partial charge on any atom is -0.486 e. The lowest BCUT2D eigenvalue weighted by atomic mass is 10.1. The van der Waals surface area contributed by atoms with Gasteiger partial charge in [-0.05, 0) is 29.5 Å². The first-order valence-electron chi connectivity index (χ1n) is 8.99. The van der Waals surface area contributed by atoms with Crippen LogP contribution < -0.4 is 14.8 Å². The van der Waals surface area contributed by atoms with E-state index in [0.717, 1.165) is 16.9 Å². The standard InChI is InChI=1S/C19H16F3N5O3/c20-19(21,22)13-5-3-4-12(8-13)18-24-26-27(25-18)10-17(28)23-9-14-11-29-15-6-1-2-7-16(15)30-14/h1-8,14H,9-11H2,(H,23,28)/t14-/m1/s1. The highest BCUT2D eigenvalue weighted by atomic mass is 19.4.